The number of nitrogens with zero attached hydrogens (tertiary/aromatic N) is 3. The minimum absolute atomic E-state index is 0.0666. The van der Waals surface area contributed by atoms with Crippen molar-refractivity contribution in [3.8, 4) is 0 Å². The van der Waals surface area contributed by atoms with Gasteiger partial charge in [-0.25, -0.2) is 9.97 Å². The maximum Gasteiger partial charge on any atom is 0.162 e. The number of aliphatic hydroxyl groups excluding tert-OH is 2. The Labute approximate surface area is 116 Å². The van der Waals surface area contributed by atoms with Crippen molar-refractivity contribution in [2.75, 3.05) is 19.0 Å². The molecule has 2 aliphatic rings. The standard InChI is InChI=1S/C14H18N4O2/c1-15-9-2-3-16-13-12(9)17-7-18(13)10-4-11(20)14(6-19)5-8(10)14/h2-3,7-8,10-11,19-20H,4-6H2,1H3,(H,15,16). The predicted octanol–water partition coefficient (Wildman–Crippen LogP) is 0.777. The van der Waals surface area contributed by atoms with Crippen molar-refractivity contribution in [3.63, 3.8) is 0 Å². The van der Waals surface area contributed by atoms with Crippen LogP contribution in [0.15, 0.2) is 18.6 Å². The molecule has 0 aliphatic heterocycles. The van der Waals surface area contributed by atoms with Crippen molar-refractivity contribution in [3.05, 3.63) is 18.6 Å². The van der Waals surface area contributed by atoms with Gasteiger partial charge in [-0.2, -0.15) is 0 Å². The number of fused-ring (bicyclic) bond motifs is 2. The van der Waals surface area contributed by atoms with Crippen LogP contribution in [0.2, 0.25) is 0 Å². The summed E-state index contributed by atoms with van der Waals surface area (Å²) < 4.78 is 2.06. The van der Waals surface area contributed by atoms with E-state index >= 15 is 0 Å². The highest BCUT2D eigenvalue weighted by atomic mass is 16.3. The number of pyridine rings is 1. The van der Waals surface area contributed by atoms with E-state index in [9.17, 15) is 10.2 Å². The molecule has 0 saturated heterocycles. The Hall–Kier alpha value is -1.66. The Morgan fingerprint density at radius 2 is 2.35 bits per heavy atom. The van der Waals surface area contributed by atoms with E-state index in [1.54, 1.807) is 6.20 Å². The summed E-state index contributed by atoms with van der Waals surface area (Å²) in [5.74, 6) is 0.333. The fourth-order valence-electron chi connectivity index (χ4n) is 3.85. The van der Waals surface area contributed by atoms with E-state index in [-0.39, 0.29) is 18.1 Å². The Kier molecular flexibility index (Phi) is 2.38. The number of hydrogen-bond donors (Lipinski definition) is 3. The second-order valence-corrected chi connectivity index (χ2v) is 5.95. The molecule has 2 aromatic rings. The molecule has 0 aromatic carbocycles. The molecule has 4 unspecified atom stereocenters. The van der Waals surface area contributed by atoms with Crippen molar-refractivity contribution >= 4 is 16.9 Å². The fraction of sp³-hybridized carbons (Fsp3) is 0.571. The van der Waals surface area contributed by atoms with Crippen LogP contribution in [0.4, 0.5) is 5.69 Å². The summed E-state index contributed by atoms with van der Waals surface area (Å²) in [7, 11) is 1.87. The van der Waals surface area contributed by atoms with Gasteiger partial charge in [0.2, 0.25) is 0 Å². The first-order chi connectivity index (χ1) is 9.71. The second-order valence-electron chi connectivity index (χ2n) is 5.95. The molecule has 6 heteroatoms. The van der Waals surface area contributed by atoms with Gasteiger partial charge in [-0.3, -0.25) is 0 Å². The molecule has 4 rings (SSSR count). The van der Waals surface area contributed by atoms with Gasteiger partial charge in [0.15, 0.2) is 5.65 Å². The van der Waals surface area contributed by atoms with Crippen LogP contribution >= 0.6 is 0 Å². The van der Waals surface area contributed by atoms with Crippen LogP contribution in [0, 0.1) is 11.3 Å². The first kappa shape index (κ1) is 12.1. The fourth-order valence-corrected chi connectivity index (χ4v) is 3.85. The van der Waals surface area contributed by atoms with Crippen LogP contribution < -0.4 is 5.32 Å². The number of nitrogens with one attached hydrogen (secondary N) is 1. The molecule has 0 amide bonds. The number of aliphatic hydroxyl groups is 2. The lowest BCUT2D eigenvalue weighted by Gasteiger charge is -2.16. The van der Waals surface area contributed by atoms with Gasteiger partial charge in [0.05, 0.1) is 24.7 Å². The quantitative estimate of drug-likeness (QED) is 0.770. The molecule has 0 radical (unpaired) electrons. The molecule has 2 aromatic heterocycles. The lowest BCUT2D eigenvalue weighted by atomic mass is 10.0. The van der Waals surface area contributed by atoms with Crippen LogP contribution in [0.1, 0.15) is 18.9 Å². The highest BCUT2D eigenvalue weighted by molar-refractivity contribution is 5.85. The molecule has 4 atom stereocenters. The summed E-state index contributed by atoms with van der Waals surface area (Å²) in [6, 6.07) is 2.08. The molecule has 0 spiro atoms. The van der Waals surface area contributed by atoms with Crippen LogP contribution in [-0.4, -0.2) is 44.5 Å². The maximum atomic E-state index is 10.2. The Morgan fingerprint density at radius 3 is 3.00 bits per heavy atom. The summed E-state index contributed by atoms with van der Waals surface area (Å²) in [4.78, 5) is 8.89. The van der Waals surface area contributed by atoms with E-state index in [1.165, 1.54) is 0 Å². The second kappa shape index (κ2) is 3.93. The molecular weight excluding hydrogens is 256 g/mol. The van der Waals surface area contributed by atoms with Gasteiger partial charge < -0.3 is 20.1 Å². The Bertz CT molecular complexity index is 670. The topological polar surface area (TPSA) is 83.2 Å². The molecule has 2 fully saturated rings. The summed E-state index contributed by atoms with van der Waals surface area (Å²) in [5, 5.41) is 22.9. The van der Waals surface area contributed by atoms with E-state index in [1.807, 2.05) is 19.4 Å². The predicted molar refractivity (Wildman–Crippen MR) is 74.4 cm³/mol. The average molecular weight is 274 g/mol. The SMILES string of the molecule is CNc1ccnc2c1ncn2C1CC(O)C2(CO)CC12. The van der Waals surface area contributed by atoms with Gasteiger partial charge in [0.25, 0.3) is 0 Å². The summed E-state index contributed by atoms with van der Waals surface area (Å²) >= 11 is 0. The highest BCUT2D eigenvalue weighted by Gasteiger charge is 2.67. The van der Waals surface area contributed by atoms with Gasteiger partial charge in [0.1, 0.15) is 5.52 Å². The number of aromatic nitrogens is 3. The minimum atomic E-state index is -0.424. The molecular formula is C14H18N4O2. The van der Waals surface area contributed by atoms with Crippen molar-refractivity contribution in [1.29, 1.82) is 0 Å². The number of rotatable bonds is 3. The monoisotopic (exact) mass is 274 g/mol. The first-order valence-electron chi connectivity index (χ1n) is 6.99. The van der Waals surface area contributed by atoms with E-state index in [4.69, 9.17) is 0 Å². The molecule has 2 saturated carbocycles. The summed E-state index contributed by atoms with van der Waals surface area (Å²) in [5.41, 5.74) is 2.37. The van der Waals surface area contributed by atoms with Crippen molar-refractivity contribution < 1.29 is 10.2 Å². The maximum absolute atomic E-state index is 10.2. The highest BCUT2D eigenvalue weighted by Crippen LogP contribution is 2.67. The number of anilines is 1. The zero-order valence-corrected chi connectivity index (χ0v) is 11.3. The largest absolute Gasteiger partial charge is 0.396 e. The molecule has 20 heavy (non-hydrogen) atoms. The summed E-state index contributed by atoms with van der Waals surface area (Å²) in [6.07, 6.45) is 4.71. The van der Waals surface area contributed by atoms with Crippen LogP contribution in [0.5, 0.6) is 0 Å². The van der Waals surface area contributed by atoms with Crippen molar-refractivity contribution in [2.24, 2.45) is 11.3 Å². The molecule has 2 aliphatic carbocycles. The van der Waals surface area contributed by atoms with E-state index in [0.29, 0.717) is 12.3 Å². The zero-order chi connectivity index (χ0) is 13.9. The summed E-state index contributed by atoms with van der Waals surface area (Å²) in [6.45, 7) is 0.0666. The molecule has 0 bridgehead atoms. The molecule has 106 valence electrons. The molecule has 3 N–H and O–H groups in total. The first-order valence-corrected chi connectivity index (χ1v) is 6.99. The van der Waals surface area contributed by atoms with Crippen molar-refractivity contribution in [1.82, 2.24) is 14.5 Å². The van der Waals surface area contributed by atoms with Gasteiger partial charge >= 0.3 is 0 Å². The molecule has 6 nitrogen and oxygen atoms in total. The van der Waals surface area contributed by atoms with Crippen LogP contribution in [0.3, 0.4) is 0 Å². The van der Waals surface area contributed by atoms with E-state index in [0.717, 1.165) is 23.3 Å². The van der Waals surface area contributed by atoms with E-state index < -0.39 is 6.10 Å². The number of hydrogen-bond acceptors (Lipinski definition) is 5. The Balaban J connectivity index is 1.78. The average Bonchev–Trinajstić information content (AvgIpc) is 2.96. The van der Waals surface area contributed by atoms with Gasteiger partial charge in [0, 0.05) is 24.7 Å². The normalized spacial score (nSPS) is 35.2. The van der Waals surface area contributed by atoms with Crippen LogP contribution in [-0.2, 0) is 0 Å². The van der Waals surface area contributed by atoms with Gasteiger partial charge in [-0.15, -0.1) is 0 Å². The van der Waals surface area contributed by atoms with Gasteiger partial charge in [-0.05, 0) is 24.8 Å². The van der Waals surface area contributed by atoms with Gasteiger partial charge in [-0.1, -0.05) is 0 Å². The number of imidazole rings is 1. The third-order valence-corrected chi connectivity index (χ3v) is 5.15. The minimum Gasteiger partial charge on any atom is -0.396 e. The Morgan fingerprint density at radius 1 is 1.50 bits per heavy atom. The van der Waals surface area contributed by atoms with Crippen LogP contribution in [0.25, 0.3) is 11.2 Å². The lowest BCUT2D eigenvalue weighted by molar-refractivity contribution is 0.0600. The molecule has 2 heterocycles. The smallest absolute Gasteiger partial charge is 0.162 e. The third kappa shape index (κ3) is 1.35. The lowest BCUT2D eigenvalue weighted by Crippen LogP contribution is -2.22. The van der Waals surface area contributed by atoms with Crippen molar-refractivity contribution in [2.45, 2.75) is 25.0 Å². The zero-order valence-electron chi connectivity index (χ0n) is 11.3. The van der Waals surface area contributed by atoms with E-state index in [2.05, 4.69) is 19.9 Å². The third-order valence-electron chi connectivity index (χ3n) is 5.15.